The molecule has 4 heteroatoms. The Hall–Kier alpha value is 0.200. The Morgan fingerprint density at radius 2 is 2.19 bits per heavy atom. The first-order valence-electron chi connectivity index (χ1n) is 5.61. The van der Waals surface area contributed by atoms with Crippen LogP contribution in [0.4, 0.5) is 0 Å². The van der Waals surface area contributed by atoms with Crippen molar-refractivity contribution < 1.29 is 4.79 Å². The molecule has 1 fully saturated rings. The molecule has 0 saturated heterocycles. The highest BCUT2D eigenvalue weighted by Gasteiger charge is 2.16. The predicted molar refractivity (Wildman–Crippen MR) is 75.4 cm³/mol. The van der Waals surface area contributed by atoms with Gasteiger partial charge < -0.3 is 0 Å². The predicted octanol–water partition coefficient (Wildman–Crippen LogP) is 4.30. The van der Waals surface area contributed by atoms with Crippen molar-refractivity contribution in [3.8, 4) is 0 Å². The highest BCUT2D eigenvalue weighted by atomic mass is 79.9. The van der Waals surface area contributed by atoms with E-state index in [1.807, 2.05) is 23.9 Å². The van der Waals surface area contributed by atoms with Gasteiger partial charge in [0.2, 0.25) is 0 Å². The van der Waals surface area contributed by atoms with E-state index in [9.17, 15) is 4.79 Å². The van der Waals surface area contributed by atoms with E-state index in [0.29, 0.717) is 18.0 Å². The van der Waals surface area contributed by atoms with Crippen molar-refractivity contribution in [3.63, 3.8) is 0 Å². The molecule has 0 unspecified atom stereocenters. The lowest BCUT2D eigenvalue weighted by Crippen LogP contribution is -2.08. The van der Waals surface area contributed by atoms with Gasteiger partial charge >= 0.3 is 0 Å². The third-order valence-electron chi connectivity index (χ3n) is 2.78. The number of carbonyl (C=O) groups excluding carboxylic acids is 1. The molecule has 1 heterocycles. The highest BCUT2D eigenvalue weighted by Crippen LogP contribution is 2.29. The SMILES string of the molecule is O=C(CSC1CCCC1)Cc1ccc(Br)s1. The minimum absolute atomic E-state index is 0.367. The third kappa shape index (κ3) is 3.90. The van der Waals surface area contributed by atoms with Gasteiger partial charge in [-0.25, -0.2) is 0 Å². The number of ketones is 1. The summed E-state index contributed by atoms with van der Waals surface area (Å²) in [6.07, 6.45) is 5.93. The monoisotopic (exact) mass is 318 g/mol. The Morgan fingerprint density at radius 1 is 1.44 bits per heavy atom. The summed E-state index contributed by atoms with van der Waals surface area (Å²) in [5, 5.41) is 0.749. The smallest absolute Gasteiger partial charge is 0.147 e. The van der Waals surface area contributed by atoms with Crippen molar-refractivity contribution in [3.05, 3.63) is 20.8 Å². The van der Waals surface area contributed by atoms with Crippen LogP contribution in [0.1, 0.15) is 30.6 Å². The second-order valence-corrected chi connectivity index (χ2v) is 7.97. The summed E-state index contributed by atoms with van der Waals surface area (Å²) in [4.78, 5) is 12.9. The number of halogens is 1. The lowest BCUT2D eigenvalue weighted by Gasteiger charge is -2.06. The third-order valence-corrected chi connectivity index (χ3v) is 5.84. The molecule has 1 saturated carbocycles. The Morgan fingerprint density at radius 3 is 2.81 bits per heavy atom. The molecule has 1 aromatic rings. The Bertz CT molecular complexity index is 356. The van der Waals surface area contributed by atoms with Crippen LogP contribution in [0.25, 0.3) is 0 Å². The molecule has 0 atom stereocenters. The van der Waals surface area contributed by atoms with Crippen LogP contribution in [-0.4, -0.2) is 16.8 Å². The van der Waals surface area contributed by atoms with Crippen molar-refractivity contribution in [2.24, 2.45) is 0 Å². The van der Waals surface area contributed by atoms with E-state index >= 15 is 0 Å². The van der Waals surface area contributed by atoms with Crippen LogP contribution < -0.4 is 0 Å². The van der Waals surface area contributed by atoms with Gasteiger partial charge in [-0.15, -0.1) is 11.3 Å². The fraction of sp³-hybridized carbons (Fsp3) is 0.583. The van der Waals surface area contributed by atoms with Crippen LogP contribution in [-0.2, 0) is 11.2 Å². The van der Waals surface area contributed by atoms with E-state index in [1.54, 1.807) is 11.3 Å². The molecule has 1 aromatic heterocycles. The van der Waals surface area contributed by atoms with Crippen molar-refractivity contribution in [2.45, 2.75) is 37.4 Å². The van der Waals surface area contributed by atoms with E-state index in [4.69, 9.17) is 0 Å². The number of Topliss-reactive ketones (excluding diaryl/α,β-unsaturated/α-hetero) is 1. The summed E-state index contributed by atoms with van der Waals surface area (Å²) in [6.45, 7) is 0. The minimum Gasteiger partial charge on any atom is -0.298 e. The molecule has 1 aliphatic carbocycles. The lowest BCUT2D eigenvalue weighted by atomic mass is 10.3. The second kappa shape index (κ2) is 6.22. The summed E-state index contributed by atoms with van der Waals surface area (Å²) in [7, 11) is 0. The molecule has 1 nitrogen and oxygen atoms in total. The first-order valence-corrected chi connectivity index (χ1v) is 8.27. The molecule has 0 bridgehead atoms. The summed E-state index contributed by atoms with van der Waals surface area (Å²) < 4.78 is 1.11. The number of thioether (sulfide) groups is 1. The maximum atomic E-state index is 11.7. The number of rotatable bonds is 5. The van der Waals surface area contributed by atoms with Gasteiger partial charge in [0, 0.05) is 16.5 Å². The van der Waals surface area contributed by atoms with Crippen molar-refractivity contribution >= 4 is 44.8 Å². The van der Waals surface area contributed by atoms with Gasteiger partial charge in [-0.1, -0.05) is 12.8 Å². The Balaban J connectivity index is 1.71. The topological polar surface area (TPSA) is 17.1 Å². The van der Waals surface area contributed by atoms with E-state index in [-0.39, 0.29) is 0 Å². The molecule has 0 radical (unpaired) electrons. The molecule has 2 rings (SSSR count). The summed E-state index contributed by atoms with van der Waals surface area (Å²) >= 11 is 6.94. The fourth-order valence-electron chi connectivity index (χ4n) is 1.96. The summed E-state index contributed by atoms with van der Waals surface area (Å²) in [6, 6.07) is 4.05. The van der Waals surface area contributed by atoms with E-state index in [0.717, 1.165) is 9.04 Å². The zero-order chi connectivity index (χ0) is 11.4. The quantitative estimate of drug-likeness (QED) is 0.805. The fourth-order valence-corrected chi connectivity index (χ4v) is 4.66. The normalized spacial score (nSPS) is 16.8. The van der Waals surface area contributed by atoms with Crippen LogP contribution >= 0.6 is 39.0 Å². The van der Waals surface area contributed by atoms with E-state index in [1.165, 1.54) is 30.6 Å². The maximum Gasteiger partial charge on any atom is 0.147 e. The average Bonchev–Trinajstić information content (AvgIpc) is 2.87. The molecular formula is C12H15BrOS2. The van der Waals surface area contributed by atoms with Gasteiger partial charge in [-0.05, 0) is 40.9 Å². The van der Waals surface area contributed by atoms with Crippen LogP contribution in [0, 0.1) is 0 Å². The second-order valence-electron chi connectivity index (χ2n) is 4.14. The molecule has 0 spiro atoms. The maximum absolute atomic E-state index is 11.7. The summed E-state index contributed by atoms with van der Waals surface area (Å²) in [5.74, 6) is 1.06. The van der Waals surface area contributed by atoms with E-state index in [2.05, 4.69) is 15.9 Å². The minimum atomic E-state index is 0.367. The molecule has 88 valence electrons. The van der Waals surface area contributed by atoms with Gasteiger partial charge in [0.05, 0.1) is 9.54 Å². The zero-order valence-corrected chi connectivity index (χ0v) is 12.3. The first kappa shape index (κ1) is 12.7. The first-order chi connectivity index (χ1) is 7.74. The van der Waals surface area contributed by atoms with Gasteiger partial charge in [0.1, 0.15) is 5.78 Å². The van der Waals surface area contributed by atoms with Crippen LogP contribution in [0.2, 0.25) is 0 Å². The van der Waals surface area contributed by atoms with Crippen LogP contribution in [0.15, 0.2) is 15.9 Å². The molecular weight excluding hydrogens is 304 g/mol. The van der Waals surface area contributed by atoms with E-state index < -0.39 is 0 Å². The molecule has 1 aliphatic rings. The number of carbonyl (C=O) groups is 1. The van der Waals surface area contributed by atoms with Crippen molar-refractivity contribution in [1.29, 1.82) is 0 Å². The van der Waals surface area contributed by atoms with Crippen molar-refractivity contribution in [1.82, 2.24) is 0 Å². The highest BCUT2D eigenvalue weighted by molar-refractivity contribution is 9.11. The summed E-state index contributed by atoms with van der Waals surface area (Å²) in [5.41, 5.74) is 0. The standard InChI is InChI=1S/C12H15BrOS2/c13-12-6-5-11(16-12)7-9(14)8-15-10-3-1-2-4-10/h5-6,10H,1-4,7-8H2. The number of hydrogen-bond acceptors (Lipinski definition) is 3. The zero-order valence-electron chi connectivity index (χ0n) is 9.08. The van der Waals surface area contributed by atoms with Crippen LogP contribution in [0.5, 0.6) is 0 Å². The Kier molecular flexibility index (Phi) is 4.92. The van der Waals surface area contributed by atoms with Crippen LogP contribution in [0.3, 0.4) is 0 Å². The lowest BCUT2D eigenvalue weighted by molar-refractivity contribution is -0.115. The van der Waals surface area contributed by atoms with Crippen molar-refractivity contribution in [2.75, 3.05) is 5.75 Å². The molecule has 0 aromatic carbocycles. The molecule has 0 aliphatic heterocycles. The van der Waals surface area contributed by atoms with Gasteiger partial charge in [-0.3, -0.25) is 4.79 Å². The molecule has 0 N–H and O–H groups in total. The van der Waals surface area contributed by atoms with Gasteiger partial charge in [0.25, 0.3) is 0 Å². The Labute approximate surface area is 113 Å². The average molecular weight is 319 g/mol. The number of thiophene rings is 1. The number of hydrogen-bond donors (Lipinski definition) is 0. The molecule has 16 heavy (non-hydrogen) atoms. The largest absolute Gasteiger partial charge is 0.298 e. The molecule has 0 amide bonds. The van der Waals surface area contributed by atoms with Gasteiger partial charge in [0.15, 0.2) is 0 Å². The van der Waals surface area contributed by atoms with Gasteiger partial charge in [-0.2, -0.15) is 11.8 Å².